The largest absolute Gasteiger partial charge is 0.493 e. The van der Waals surface area contributed by atoms with Crippen LogP contribution in [0.25, 0.3) is 0 Å². The maximum absolute atomic E-state index is 12.1. The first-order valence-electron chi connectivity index (χ1n) is 8.12. The van der Waals surface area contributed by atoms with E-state index in [4.69, 9.17) is 18.9 Å². The smallest absolute Gasteiger partial charge is 0.282 e. The maximum atomic E-state index is 12.1. The molecule has 0 fully saturated rings. The van der Waals surface area contributed by atoms with Crippen LogP contribution in [0.5, 0.6) is 23.0 Å². The lowest BCUT2D eigenvalue weighted by Crippen LogP contribution is -2.19. The van der Waals surface area contributed by atoms with Gasteiger partial charge < -0.3 is 18.9 Å². The van der Waals surface area contributed by atoms with E-state index in [1.165, 1.54) is 32.6 Å². The third-order valence-electron chi connectivity index (χ3n) is 3.92. The molecule has 0 saturated heterocycles. The zero-order chi connectivity index (χ0) is 20.1. The third-order valence-corrected chi connectivity index (χ3v) is 3.92. The van der Waals surface area contributed by atoms with Gasteiger partial charge in [-0.3, -0.25) is 14.9 Å². The zero-order valence-electron chi connectivity index (χ0n) is 15.1. The molecular weight excluding hydrogens is 370 g/mol. The molecule has 1 aliphatic rings. The molecule has 146 valence electrons. The van der Waals surface area contributed by atoms with E-state index in [-0.39, 0.29) is 30.2 Å². The fraction of sp³-hybridized carbons (Fsp3) is 0.222. The van der Waals surface area contributed by atoms with E-state index < -0.39 is 10.8 Å². The number of nitro benzene ring substituents is 1. The van der Waals surface area contributed by atoms with Gasteiger partial charge in [0.05, 0.1) is 43.4 Å². The van der Waals surface area contributed by atoms with Crippen molar-refractivity contribution in [3.63, 3.8) is 0 Å². The summed E-state index contributed by atoms with van der Waals surface area (Å²) < 4.78 is 20.7. The van der Waals surface area contributed by atoms with Crippen LogP contribution in [0, 0.1) is 10.1 Å². The monoisotopic (exact) mass is 387 g/mol. The third kappa shape index (κ3) is 4.11. The van der Waals surface area contributed by atoms with Gasteiger partial charge >= 0.3 is 0 Å². The molecule has 0 saturated carbocycles. The highest BCUT2D eigenvalue weighted by Crippen LogP contribution is 2.34. The average molecular weight is 387 g/mol. The molecular formula is C18H17N3O7. The molecule has 10 heteroatoms. The summed E-state index contributed by atoms with van der Waals surface area (Å²) in [5.41, 5.74) is 2.99. The number of amides is 1. The Hall–Kier alpha value is -3.82. The first-order valence-corrected chi connectivity index (χ1v) is 8.12. The van der Waals surface area contributed by atoms with Gasteiger partial charge in [-0.05, 0) is 23.8 Å². The lowest BCUT2D eigenvalue weighted by molar-refractivity contribution is -0.385. The normalized spacial score (nSPS) is 12.1. The molecule has 28 heavy (non-hydrogen) atoms. The lowest BCUT2D eigenvalue weighted by Gasteiger charge is -2.08. The Morgan fingerprint density at radius 3 is 2.64 bits per heavy atom. The molecule has 0 atom stereocenters. The number of ether oxygens (including phenoxy) is 4. The standard InChI is InChI=1S/C18H17N3O7/c1-25-15-7-12(13(21(23)24)8-16(15)26-2)9-19-20-18(22)6-11-3-4-14-17(5-11)28-10-27-14/h3-5,7-9H,6,10H2,1-2H3,(H,20,22)/b19-9+. The summed E-state index contributed by atoms with van der Waals surface area (Å²) in [6.07, 6.45) is 1.24. The van der Waals surface area contributed by atoms with Crippen LogP contribution < -0.4 is 24.4 Å². The Kier molecular flexibility index (Phi) is 5.58. The number of hydrogen-bond donors (Lipinski definition) is 1. The summed E-state index contributed by atoms with van der Waals surface area (Å²) in [5, 5.41) is 15.1. The number of rotatable bonds is 7. The summed E-state index contributed by atoms with van der Waals surface area (Å²) in [5.74, 6) is 1.34. The molecule has 1 heterocycles. The number of benzene rings is 2. The van der Waals surface area contributed by atoms with Gasteiger partial charge in [-0.2, -0.15) is 5.10 Å². The van der Waals surface area contributed by atoms with Crippen molar-refractivity contribution in [1.82, 2.24) is 5.43 Å². The van der Waals surface area contributed by atoms with Crippen molar-refractivity contribution in [2.24, 2.45) is 5.10 Å². The Balaban J connectivity index is 1.69. The van der Waals surface area contributed by atoms with Crippen molar-refractivity contribution in [2.75, 3.05) is 21.0 Å². The van der Waals surface area contributed by atoms with E-state index in [9.17, 15) is 14.9 Å². The van der Waals surface area contributed by atoms with Crippen molar-refractivity contribution in [3.8, 4) is 23.0 Å². The molecule has 2 aromatic carbocycles. The van der Waals surface area contributed by atoms with Crippen molar-refractivity contribution < 1.29 is 28.7 Å². The van der Waals surface area contributed by atoms with E-state index in [0.29, 0.717) is 22.8 Å². The minimum absolute atomic E-state index is 0.0575. The Labute approximate surface area is 159 Å². The van der Waals surface area contributed by atoms with E-state index in [0.717, 1.165) is 0 Å². The van der Waals surface area contributed by atoms with Gasteiger partial charge in [-0.25, -0.2) is 5.43 Å². The molecule has 0 bridgehead atoms. The second-order valence-corrected chi connectivity index (χ2v) is 5.68. The second kappa shape index (κ2) is 8.25. The summed E-state index contributed by atoms with van der Waals surface area (Å²) in [6.45, 7) is 0.152. The molecule has 0 unspecified atom stereocenters. The fourth-order valence-corrected chi connectivity index (χ4v) is 2.60. The molecule has 0 aromatic heterocycles. The molecule has 3 rings (SSSR count). The number of nitrogens with one attached hydrogen (secondary N) is 1. The first kappa shape index (κ1) is 19.0. The Bertz CT molecular complexity index is 943. The van der Waals surface area contributed by atoms with Crippen molar-refractivity contribution >= 4 is 17.8 Å². The highest BCUT2D eigenvalue weighted by atomic mass is 16.7. The number of carbonyl (C=O) groups is 1. The number of nitro groups is 1. The predicted molar refractivity (Wildman–Crippen MR) is 98.2 cm³/mol. The number of fused-ring (bicyclic) bond motifs is 1. The topological polar surface area (TPSA) is 122 Å². The van der Waals surface area contributed by atoms with Crippen LogP contribution >= 0.6 is 0 Å². The van der Waals surface area contributed by atoms with Gasteiger partial charge in [0.25, 0.3) is 5.69 Å². The minimum atomic E-state index is -0.572. The molecule has 1 aliphatic heterocycles. The SMILES string of the molecule is COc1cc(/C=N/NC(=O)Cc2ccc3c(c2)OCO3)c([N+](=O)[O-])cc1OC. The second-order valence-electron chi connectivity index (χ2n) is 5.68. The van der Waals surface area contributed by atoms with E-state index >= 15 is 0 Å². The van der Waals surface area contributed by atoms with Crippen LogP contribution in [0.1, 0.15) is 11.1 Å². The number of hydrazone groups is 1. The average Bonchev–Trinajstić information content (AvgIpc) is 3.15. The molecule has 0 radical (unpaired) electrons. The van der Waals surface area contributed by atoms with Gasteiger partial charge in [-0.1, -0.05) is 6.07 Å². The van der Waals surface area contributed by atoms with Crippen molar-refractivity contribution in [1.29, 1.82) is 0 Å². The number of carbonyl (C=O) groups excluding carboxylic acids is 1. The molecule has 10 nitrogen and oxygen atoms in total. The van der Waals surface area contributed by atoms with Crippen LogP contribution in [0.4, 0.5) is 5.69 Å². The highest BCUT2D eigenvalue weighted by Gasteiger charge is 2.18. The minimum Gasteiger partial charge on any atom is -0.493 e. The van der Waals surface area contributed by atoms with Gasteiger partial charge in [-0.15, -0.1) is 0 Å². The quantitative estimate of drug-likeness (QED) is 0.438. The zero-order valence-corrected chi connectivity index (χ0v) is 15.1. The van der Waals surface area contributed by atoms with Gasteiger partial charge in [0.15, 0.2) is 23.0 Å². The summed E-state index contributed by atoms with van der Waals surface area (Å²) in [6, 6.07) is 7.82. The van der Waals surface area contributed by atoms with Crippen LogP contribution in [0.3, 0.4) is 0 Å². The molecule has 0 spiro atoms. The summed E-state index contributed by atoms with van der Waals surface area (Å²) in [4.78, 5) is 22.8. The van der Waals surface area contributed by atoms with Crippen LogP contribution in [0.2, 0.25) is 0 Å². The fourth-order valence-electron chi connectivity index (χ4n) is 2.60. The Morgan fingerprint density at radius 2 is 1.93 bits per heavy atom. The lowest BCUT2D eigenvalue weighted by atomic mass is 10.1. The van der Waals surface area contributed by atoms with Crippen molar-refractivity contribution in [3.05, 3.63) is 51.6 Å². The van der Waals surface area contributed by atoms with Gasteiger partial charge in [0.1, 0.15) is 0 Å². The van der Waals surface area contributed by atoms with E-state index in [2.05, 4.69) is 10.5 Å². The predicted octanol–water partition coefficient (Wildman–Crippen LogP) is 2.03. The number of nitrogens with zero attached hydrogens (tertiary/aromatic N) is 2. The van der Waals surface area contributed by atoms with E-state index in [1.807, 2.05) is 0 Å². The molecule has 1 N–H and O–H groups in total. The van der Waals surface area contributed by atoms with Crippen LogP contribution in [0.15, 0.2) is 35.4 Å². The molecule has 2 aromatic rings. The van der Waals surface area contributed by atoms with Crippen molar-refractivity contribution in [2.45, 2.75) is 6.42 Å². The maximum Gasteiger partial charge on any atom is 0.282 e. The van der Waals surface area contributed by atoms with Gasteiger partial charge in [0, 0.05) is 0 Å². The van der Waals surface area contributed by atoms with Crippen LogP contribution in [-0.2, 0) is 11.2 Å². The molecule has 0 aliphatic carbocycles. The highest BCUT2D eigenvalue weighted by molar-refractivity contribution is 5.88. The van der Waals surface area contributed by atoms with E-state index in [1.54, 1.807) is 18.2 Å². The van der Waals surface area contributed by atoms with Crippen LogP contribution in [-0.4, -0.2) is 38.1 Å². The number of methoxy groups -OCH3 is 2. The summed E-state index contributed by atoms with van der Waals surface area (Å²) in [7, 11) is 2.80. The first-order chi connectivity index (χ1) is 13.5. The molecule has 1 amide bonds. The summed E-state index contributed by atoms with van der Waals surface area (Å²) >= 11 is 0. The Morgan fingerprint density at radius 1 is 1.21 bits per heavy atom. The number of hydrogen-bond acceptors (Lipinski definition) is 8. The van der Waals surface area contributed by atoms with Gasteiger partial charge in [0.2, 0.25) is 12.7 Å².